The molecule has 0 atom stereocenters. The van der Waals surface area contributed by atoms with Crippen LogP contribution < -0.4 is 14.0 Å². The SMILES string of the molecule is Cc1n[nH]c(C)c1OB(Oc1c(C)n[nH]c1C)Oc1c(C)n[nH]c1C. The molecule has 132 valence electrons. The number of hydrogen-bond acceptors (Lipinski definition) is 6. The number of rotatable bonds is 6. The Balaban J connectivity index is 1.90. The van der Waals surface area contributed by atoms with Gasteiger partial charge in [0.15, 0.2) is 0 Å². The summed E-state index contributed by atoms with van der Waals surface area (Å²) >= 11 is 0. The van der Waals surface area contributed by atoms with E-state index < -0.39 is 7.32 Å². The molecule has 3 aromatic heterocycles. The number of aryl methyl sites for hydroxylation is 6. The monoisotopic (exact) mass is 344 g/mol. The summed E-state index contributed by atoms with van der Waals surface area (Å²) in [6.07, 6.45) is 0. The van der Waals surface area contributed by atoms with E-state index >= 15 is 0 Å². The molecule has 0 aliphatic carbocycles. The third kappa shape index (κ3) is 3.33. The third-order valence-corrected chi connectivity index (χ3v) is 3.82. The lowest BCUT2D eigenvalue weighted by atomic mass is 10.1. The topological polar surface area (TPSA) is 114 Å². The van der Waals surface area contributed by atoms with Gasteiger partial charge in [-0.1, -0.05) is 0 Å². The van der Waals surface area contributed by atoms with Crippen molar-refractivity contribution in [1.29, 1.82) is 0 Å². The Labute approximate surface area is 145 Å². The van der Waals surface area contributed by atoms with Gasteiger partial charge in [-0.3, -0.25) is 15.3 Å². The highest BCUT2D eigenvalue weighted by Gasteiger charge is 2.35. The molecule has 0 saturated heterocycles. The molecular weight excluding hydrogens is 323 g/mol. The summed E-state index contributed by atoms with van der Waals surface area (Å²) in [6, 6.07) is 0. The minimum absolute atomic E-state index is 0.586. The molecule has 0 fully saturated rings. The molecule has 0 bridgehead atoms. The Hall–Kier alpha value is -2.91. The Morgan fingerprint density at radius 1 is 0.560 bits per heavy atom. The van der Waals surface area contributed by atoms with Crippen molar-refractivity contribution in [3.8, 4) is 17.2 Å². The summed E-state index contributed by atoms with van der Waals surface area (Å²) in [5.74, 6) is 1.76. The molecule has 25 heavy (non-hydrogen) atoms. The van der Waals surface area contributed by atoms with Gasteiger partial charge in [0.05, 0.1) is 34.2 Å². The molecule has 0 aromatic carbocycles. The normalized spacial score (nSPS) is 10.8. The quantitative estimate of drug-likeness (QED) is 0.591. The van der Waals surface area contributed by atoms with E-state index in [1.807, 2.05) is 41.5 Å². The number of aromatic amines is 3. The maximum absolute atomic E-state index is 5.96. The van der Waals surface area contributed by atoms with Gasteiger partial charge in [-0.25, -0.2) is 0 Å². The van der Waals surface area contributed by atoms with Crippen LogP contribution in [0.1, 0.15) is 34.2 Å². The van der Waals surface area contributed by atoms with Crippen LogP contribution in [-0.2, 0) is 0 Å². The maximum Gasteiger partial charge on any atom is 0.864 e. The number of aromatic nitrogens is 6. The van der Waals surface area contributed by atoms with Crippen LogP contribution in [-0.4, -0.2) is 37.9 Å². The van der Waals surface area contributed by atoms with Gasteiger partial charge in [-0.15, -0.1) is 0 Å². The van der Waals surface area contributed by atoms with Gasteiger partial charge in [0.1, 0.15) is 17.2 Å². The minimum atomic E-state index is -1.03. The van der Waals surface area contributed by atoms with Crippen LogP contribution >= 0.6 is 0 Å². The summed E-state index contributed by atoms with van der Waals surface area (Å²) in [5, 5.41) is 21.1. The highest BCUT2D eigenvalue weighted by molar-refractivity contribution is 6.39. The standard InChI is InChI=1S/C15H21BN6O3/c1-7-13(8(2)18-17-7)23-16(24-14-9(3)19-20-10(14)4)25-15-11(5)21-22-12(15)6/h1-6H3,(H,17,18)(H,19,20)(H,21,22). The van der Waals surface area contributed by atoms with Crippen molar-refractivity contribution in [2.24, 2.45) is 0 Å². The Bertz CT molecular complexity index is 711. The van der Waals surface area contributed by atoms with E-state index in [-0.39, 0.29) is 0 Å². The molecule has 0 aliphatic rings. The largest absolute Gasteiger partial charge is 0.864 e. The average Bonchev–Trinajstić information content (AvgIpc) is 3.17. The summed E-state index contributed by atoms with van der Waals surface area (Å²) in [4.78, 5) is 0. The minimum Gasteiger partial charge on any atom is -0.486 e. The van der Waals surface area contributed by atoms with E-state index in [0.29, 0.717) is 17.2 Å². The average molecular weight is 344 g/mol. The molecule has 3 rings (SSSR count). The van der Waals surface area contributed by atoms with Crippen molar-refractivity contribution in [3.05, 3.63) is 34.2 Å². The zero-order valence-electron chi connectivity index (χ0n) is 15.1. The second-order valence-corrected chi connectivity index (χ2v) is 5.93. The fourth-order valence-corrected chi connectivity index (χ4v) is 2.50. The van der Waals surface area contributed by atoms with E-state index in [0.717, 1.165) is 34.2 Å². The van der Waals surface area contributed by atoms with Gasteiger partial charge < -0.3 is 14.0 Å². The molecule has 0 aliphatic heterocycles. The number of H-pyrrole nitrogens is 3. The first-order valence-corrected chi connectivity index (χ1v) is 7.91. The van der Waals surface area contributed by atoms with Crippen molar-refractivity contribution in [2.75, 3.05) is 0 Å². The fourth-order valence-electron chi connectivity index (χ4n) is 2.50. The molecule has 0 amide bonds. The molecule has 0 radical (unpaired) electrons. The first-order valence-electron chi connectivity index (χ1n) is 7.91. The summed E-state index contributed by atoms with van der Waals surface area (Å²) < 4.78 is 17.9. The maximum atomic E-state index is 5.96. The van der Waals surface area contributed by atoms with Crippen LogP contribution in [0.5, 0.6) is 17.2 Å². The van der Waals surface area contributed by atoms with Crippen LogP contribution in [0.2, 0.25) is 0 Å². The van der Waals surface area contributed by atoms with Crippen molar-refractivity contribution in [2.45, 2.75) is 41.5 Å². The van der Waals surface area contributed by atoms with Gasteiger partial charge in [0.2, 0.25) is 0 Å². The van der Waals surface area contributed by atoms with E-state index in [1.54, 1.807) is 0 Å². The molecule has 9 nitrogen and oxygen atoms in total. The molecule has 0 unspecified atom stereocenters. The predicted octanol–water partition coefficient (Wildman–Crippen LogP) is 2.23. The van der Waals surface area contributed by atoms with Crippen LogP contribution in [0.25, 0.3) is 0 Å². The number of hydrogen-bond donors (Lipinski definition) is 3. The van der Waals surface area contributed by atoms with Gasteiger partial charge in [-0.05, 0) is 41.5 Å². The molecule has 3 N–H and O–H groups in total. The molecule has 0 spiro atoms. The lowest BCUT2D eigenvalue weighted by Crippen LogP contribution is -2.37. The molecule has 3 heterocycles. The van der Waals surface area contributed by atoms with Crippen molar-refractivity contribution >= 4 is 7.32 Å². The van der Waals surface area contributed by atoms with E-state index in [1.165, 1.54) is 0 Å². The van der Waals surface area contributed by atoms with E-state index in [4.69, 9.17) is 14.0 Å². The highest BCUT2D eigenvalue weighted by atomic mass is 16.7. The third-order valence-electron chi connectivity index (χ3n) is 3.82. The summed E-state index contributed by atoms with van der Waals surface area (Å²) in [5.41, 5.74) is 4.52. The van der Waals surface area contributed by atoms with Crippen LogP contribution in [0, 0.1) is 41.5 Å². The molecule has 0 saturated carbocycles. The molecule has 3 aromatic rings. The Morgan fingerprint density at radius 2 is 0.840 bits per heavy atom. The van der Waals surface area contributed by atoms with Crippen LogP contribution in [0.4, 0.5) is 0 Å². The number of nitrogens with zero attached hydrogens (tertiary/aromatic N) is 3. The second-order valence-electron chi connectivity index (χ2n) is 5.93. The zero-order valence-corrected chi connectivity index (χ0v) is 15.1. The van der Waals surface area contributed by atoms with E-state index in [9.17, 15) is 0 Å². The van der Waals surface area contributed by atoms with Crippen LogP contribution in [0.3, 0.4) is 0 Å². The first-order chi connectivity index (χ1) is 11.9. The Kier molecular flexibility index (Phi) is 4.43. The number of nitrogens with one attached hydrogen (secondary N) is 3. The molecule has 10 heteroatoms. The van der Waals surface area contributed by atoms with Gasteiger partial charge in [0.25, 0.3) is 0 Å². The second kappa shape index (κ2) is 6.54. The smallest absolute Gasteiger partial charge is 0.486 e. The zero-order chi connectivity index (χ0) is 18.1. The van der Waals surface area contributed by atoms with Crippen molar-refractivity contribution in [1.82, 2.24) is 30.6 Å². The lowest BCUT2D eigenvalue weighted by Gasteiger charge is -2.16. The highest BCUT2D eigenvalue weighted by Crippen LogP contribution is 2.27. The van der Waals surface area contributed by atoms with Gasteiger partial charge >= 0.3 is 7.32 Å². The molecular formula is C15H21BN6O3. The lowest BCUT2D eigenvalue weighted by molar-refractivity contribution is 0.302. The summed E-state index contributed by atoms with van der Waals surface area (Å²) in [6.45, 7) is 11.1. The van der Waals surface area contributed by atoms with E-state index in [2.05, 4.69) is 30.6 Å². The fraction of sp³-hybridized carbons (Fsp3) is 0.400. The summed E-state index contributed by atoms with van der Waals surface area (Å²) in [7, 11) is -1.03. The van der Waals surface area contributed by atoms with Crippen molar-refractivity contribution in [3.63, 3.8) is 0 Å². The van der Waals surface area contributed by atoms with Gasteiger partial charge in [-0.2, -0.15) is 15.3 Å². The first kappa shape index (κ1) is 16.9. The van der Waals surface area contributed by atoms with Crippen LogP contribution in [0.15, 0.2) is 0 Å². The van der Waals surface area contributed by atoms with Crippen molar-refractivity contribution < 1.29 is 14.0 Å². The predicted molar refractivity (Wildman–Crippen MR) is 91.8 cm³/mol. The Morgan fingerprint density at radius 3 is 1.04 bits per heavy atom. The van der Waals surface area contributed by atoms with Gasteiger partial charge in [0, 0.05) is 0 Å².